The minimum Gasteiger partial charge on any atom is -0.463 e. The van der Waals surface area contributed by atoms with Crippen molar-refractivity contribution in [1.82, 2.24) is 25.1 Å². The number of aromatic nitrogens is 4. The van der Waals surface area contributed by atoms with Gasteiger partial charge in [-0.15, -0.1) is 0 Å². The number of imidazole rings is 1. The van der Waals surface area contributed by atoms with Crippen LogP contribution in [0.4, 0.5) is 0 Å². The number of benzene rings is 2. The molecule has 0 aliphatic carbocycles. The summed E-state index contributed by atoms with van der Waals surface area (Å²) in [6.07, 6.45) is 1.58. The van der Waals surface area contributed by atoms with E-state index in [0.29, 0.717) is 22.3 Å². The molecular formula is C22H16ClN5O2. The van der Waals surface area contributed by atoms with Crippen LogP contribution >= 0.6 is 11.6 Å². The van der Waals surface area contributed by atoms with Crippen LogP contribution in [-0.2, 0) is 6.54 Å². The van der Waals surface area contributed by atoms with Gasteiger partial charge in [-0.2, -0.15) is 5.10 Å². The number of hydrogen-bond donors (Lipinski definition) is 2. The molecule has 3 aromatic heterocycles. The Bertz CT molecular complexity index is 1300. The summed E-state index contributed by atoms with van der Waals surface area (Å²) in [6.45, 7) is 0.258. The van der Waals surface area contributed by atoms with Crippen molar-refractivity contribution >= 4 is 28.5 Å². The molecule has 2 N–H and O–H groups in total. The fraction of sp³-hybridized carbons (Fsp3) is 0.0455. The van der Waals surface area contributed by atoms with Gasteiger partial charge in [0.2, 0.25) is 0 Å². The molecule has 0 radical (unpaired) electrons. The summed E-state index contributed by atoms with van der Waals surface area (Å²) >= 11 is 6.14. The number of fused-ring (bicyclic) bond motifs is 1. The molecule has 0 aliphatic heterocycles. The summed E-state index contributed by atoms with van der Waals surface area (Å²) in [7, 11) is 0. The van der Waals surface area contributed by atoms with E-state index in [2.05, 4.69) is 20.4 Å². The lowest BCUT2D eigenvalue weighted by molar-refractivity contribution is 0.0944. The van der Waals surface area contributed by atoms with Crippen molar-refractivity contribution in [3.63, 3.8) is 0 Å². The summed E-state index contributed by atoms with van der Waals surface area (Å²) in [5.74, 6) is 0.952. The molecule has 0 saturated carbocycles. The highest BCUT2D eigenvalue weighted by Crippen LogP contribution is 2.26. The zero-order chi connectivity index (χ0) is 20.5. The van der Waals surface area contributed by atoms with Crippen molar-refractivity contribution in [3.05, 3.63) is 89.5 Å². The van der Waals surface area contributed by atoms with Crippen LogP contribution in [0.3, 0.4) is 0 Å². The van der Waals surface area contributed by atoms with Crippen LogP contribution in [-0.4, -0.2) is 25.7 Å². The first kappa shape index (κ1) is 18.2. The number of carbonyl (C=O) groups excluding carboxylic acids is 1. The van der Waals surface area contributed by atoms with Gasteiger partial charge in [-0.05, 0) is 42.5 Å². The molecule has 8 heteroatoms. The van der Waals surface area contributed by atoms with E-state index < -0.39 is 0 Å². The number of amides is 1. The Kier molecular flexibility index (Phi) is 4.57. The molecule has 148 valence electrons. The zero-order valence-corrected chi connectivity index (χ0v) is 16.4. The van der Waals surface area contributed by atoms with Crippen molar-refractivity contribution < 1.29 is 9.21 Å². The summed E-state index contributed by atoms with van der Waals surface area (Å²) in [5, 5.41) is 7.92. The van der Waals surface area contributed by atoms with E-state index in [9.17, 15) is 4.79 Å². The second-order valence-electron chi connectivity index (χ2n) is 6.67. The van der Waals surface area contributed by atoms with Crippen LogP contribution in [0.25, 0.3) is 28.2 Å². The van der Waals surface area contributed by atoms with Gasteiger partial charge < -0.3 is 14.7 Å². The number of nitrogens with one attached hydrogen (secondary N) is 2. The van der Waals surface area contributed by atoms with Gasteiger partial charge in [0.25, 0.3) is 5.91 Å². The van der Waals surface area contributed by atoms with E-state index in [0.717, 1.165) is 16.7 Å². The molecule has 2 aromatic carbocycles. The van der Waals surface area contributed by atoms with Gasteiger partial charge in [0.05, 0.1) is 29.5 Å². The van der Waals surface area contributed by atoms with Gasteiger partial charge in [-0.1, -0.05) is 29.8 Å². The SMILES string of the molecule is O=C(NCc1nc2ccccc2[nH]1)c1cc(-c2ccco2)n(-c2cccc(Cl)c2)n1. The average molecular weight is 418 g/mol. The largest absolute Gasteiger partial charge is 0.463 e. The van der Waals surface area contributed by atoms with E-state index in [1.807, 2.05) is 42.5 Å². The molecule has 0 atom stereocenters. The van der Waals surface area contributed by atoms with Crippen LogP contribution in [0.5, 0.6) is 0 Å². The molecule has 0 saturated heterocycles. The van der Waals surface area contributed by atoms with Crippen molar-refractivity contribution in [2.45, 2.75) is 6.54 Å². The molecule has 1 amide bonds. The zero-order valence-electron chi connectivity index (χ0n) is 15.7. The van der Waals surface area contributed by atoms with E-state index in [-0.39, 0.29) is 18.1 Å². The number of H-pyrrole nitrogens is 1. The first-order chi connectivity index (χ1) is 14.7. The van der Waals surface area contributed by atoms with Crippen LogP contribution < -0.4 is 5.32 Å². The summed E-state index contributed by atoms with van der Waals surface area (Å²) < 4.78 is 7.17. The lowest BCUT2D eigenvalue weighted by Gasteiger charge is -2.05. The maximum absolute atomic E-state index is 12.8. The van der Waals surface area contributed by atoms with E-state index in [1.165, 1.54) is 0 Å². The molecule has 7 nitrogen and oxygen atoms in total. The summed E-state index contributed by atoms with van der Waals surface area (Å²) in [4.78, 5) is 20.4. The van der Waals surface area contributed by atoms with Gasteiger partial charge in [0.15, 0.2) is 11.5 Å². The number of carbonyl (C=O) groups is 1. The molecule has 0 unspecified atom stereocenters. The highest BCUT2D eigenvalue weighted by Gasteiger charge is 2.18. The maximum atomic E-state index is 12.8. The maximum Gasteiger partial charge on any atom is 0.272 e. The Morgan fingerprint density at radius 3 is 2.80 bits per heavy atom. The standard InChI is InChI=1S/C22H16ClN5O2/c23-14-5-3-6-15(11-14)28-19(20-9-4-10-30-20)12-18(27-28)22(29)24-13-21-25-16-7-1-2-8-17(16)26-21/h1-12H,13H2,(H,24,29)(H,25,26). The van der Waals surface area contributed by atoms with Gasteiger partial charge in [-0.3, -0.25) is 4.79 Å². The summed E-state index contributed by atoms with van der Waals surface area (Å²) in [6, 6.07) is 20.2. The van der Waals surface area contributed by atoms with Crippen LogP contribution in [0.15, 0.2) is 77.4 Å². The van der Waals surface area contributed by atoms with Crippen LogP contribution in [0.1, 0.15) is 16.3 Å². The predicted molar refractivity (Wildman–Crippen MR) is 114 cm³/mol. The number of rotatable bonds is 5. The predicted octanol–water partition coefficient (Wildman–Crippen LogP) is 4.59. The average Bonchev–Trinajstić information content (AvgIpc) is 3.50. The molecule has 30 heavy (non-hydrogen) atoms. The Labute approximate surface area is 176 Å². The fourth-order valence-electron chi connectivity index (χ4n) is 3.24. The van der Waals surface area contributed by atoms with Crippen LogP contribution in [0.2, 0.25) is 5.02 Å². The third-order valence-electron chi connectivity index (χ3n) is 4.62. The lowest BCUT2D eigenvalue weighted by Crippen LogP contribution is -2.24. The van der Waals surface area contributed by atoms with Crippen molar-refractivity contribution in [3.8, 4) is 17.1 Å². The smallest absolute Gasteiger partial charge is 0.272 e. The van der Waals surface area contributed by atoms with Gasteiger partial charge in [0.1, 0.15) is 11.5 Å². The Morgan fingerprint density at radius 2 is 2.00 bits per heavy atom. The number of hydrogen-bond acceptors (Lipinski definition) is 4. The highest BCUT2D eigenvalue weighted by atomic mass is 35.5. The van der Waals surface area contributed by atoms with E-state index >= 15 is 0 Å². The Hall–Kier alpha value is -3.84. The monoisotopic (exact) mass is 417 g/mol. The Balaban J connectivity index is 1.43. The van der Waals surface area contributed by atoms with Gasteiger partial charge in [-0.25, -0.2) is 9.67 Å². The van der Waals surface area contributed by atoms with Crippen molar-refractivity contribution in [2.24, 2.45) is 0 Å². The third kappa shape index (κ3) is 3.46. The number of furan rings is 1. The van der Waals surface area contributed by atoms with Gasteiger partial charge in [0, 0.05) is 11.1 Å². The number of para-hydroxylation sites is 2. The third-order valence-corrected chi connectivity index (χ3v) is 4.86. The molecule has 0 spiro atoms. The second kappa shape index (κ2) is 7.53. The summed E-state index contributed by atoms with van der Waals surface area (Å²) in [5.41, 5.74) is 3.41. The van der Waals surface area contributed by atoms with E-state index in [1.54, 1.807) is 35.2 Å². The number of halogens is 1. The molecule has 3 heterocycles. The first-order valence-electron chi connectivity index (χ1n) is 9.29. The second-order valence-corrected chi connectivity index (χ2v) is 7.10. The topological polar surface area (TPSA) is 88.7 Å². The van der Waals surface area contributed by atoms with Crippen molar-refractivity contribution in [1.29, 1.82) is 0 Å². The minimum atomic E-state index is -0.316. The molecule has 0 aliphatic rings. The fourth-order valence-corrected chi connectivity index (χ4v) is 3.43. The van der Waals surface area contributed by atoms with Gasteiger partial charge >= 0.3 is 0 Å². The van der Waals surface area contributed by atoms with Crippen LogP contribution in [0, 0.1) is 0 Å². The normalized spacial score (nSPS) is 11.1. The molecule has 5 rings (SSSR count). The molecule has 0 bridgehead atoms. The van der Waals surface area contributed by atoms with E-state index in [4.69, 9.17) is 16.0 Å². The molecular weight excluding hydrogens is 402 g/mol. The highest BCUT2D eigenvalue weighted by molar-refractivity contribution is 6.30. The minimum absolute atomic E-state index is 0.258. The number of aromatic amines is 1. The lowest BCUT2D eigenvalue weighted by atomic mass is 10.2. The first-order valence-corrected chi connectivity index (χ1v) is 9.67. The molecule has 5 aromatic rings. The molecule has 0 fully saturated rings. The number of nitrogens with zero attached hydrogens (tertiary/aromatic N) is 3. The Morgan fingerprint density at radius 1 is 1.10 bits per heavy atom. The quantitative estimate of drug-likeness (QED) is 0.437. The van der Waals surface area contributed by atoms with Crippen molar-refractivity contribution in [2.75, 3.05) is 0 Å².